The number of aliphatic carboxylic acids is 1. The highest BCUT2D eigenvalue weighted by Crippen LogP contribution is 2.38. The van der Waals surface area contributed by atoms with Crippen LogP contribution in [0.15, 0.2) is 23.1 Å². The predicted molar refractivity (Wildman–Crippen MR) is 72.0 cm³/mol. The lowest BCUT2D eigenvalue weighted by atomic mass is 9.85. The number of hydrogen-bond acceptors (Lipinski definition) is 3. The number of fused-ring (bicyclic) bond motifs is 1. The summed E-state index contributed by atoms with van der Waals surface area (Å²) in [5.41, 5.74) is 0.462. The van der Waals surface area contributed by atoms with E-state index in [0.717, 1.165) is 5.56 Å². The van der Waals surface area contributed by atoms with Crippen molar-refractivity contribution in [2.24, 2.45) is 5.41 Å². The van der Waals surface area contributed by atoms with E-state index in [1.165, 1.54) is 0 Å². The van der Waals surface area contributed by atoms with E-state index >= 15 is 0 Å². The molecule has 1 aliphatic heterocycles. The Morgan fingerprint density at radius 1 is 1.42 bits per heavy atom. The average molecular weight is 282 g/mol. The first-order valence-corrected chi connectivity index (χ1v) is 7.88. The Morgan fingerprint density at radius 3 is 2.63 bits per heavy atom. The zero-order valence-electron chi connectivity index (χ0n) is 11.3. The molecule has 1 atom stereocenters. The van der Waals surface area contributed by atoms with E-state index < -0.39 is 21.2 Å². The molecule has 19 heavy (non-hydrogen) atoms. The summed E-state index contributed by atoms with van der Waals surface area (Å²) in [5, 5.41) is 9.18. The molecule has 0 saturated carbocycles. The summed E-state index contributed by atoms with van der Waals surface area (Å²) in [6, 6.07) is 5.35. The van der Waals surface area contributed by atoms with Gasteiger partial charge in [0.1, 0.15) is 0 Å². The van der Waals surface area contributed by atoms with Crippen molar-refractivity contribution < 1.29 is 18.3 Å². The van der Waals surface area contributed by atoms with Crippen molar-refractivity contribution in [3.8, 4) is 0 Å². The lowest BCUT2D eigenvalue weighted by Gasteiger charge is -2.20. The molecule has 1 aromatic rings. The standard InChI is InChI=1S/C14H18O4S/c1-9-8-19(17,18)12-10(5-4-6-11(9)12)7-14(2,3)13(15)16/h4-6,9H,7-8H2,1-3H3,(H,15,16). The Balaban J connectivity index is 2.54. The number of benzene rings is 1. The van der Waals surface area contributed by atoms with Crippen LogP contribution in [0.2, 0.25) is 0 Å². The summed E-state index contributed by atoms with van der Waals surface area (Å²) in [6.45, 7) is 5.11. The normalized spacial score (nSPS) is 21.1. The van der Waals surface area contributed by atoms with Crippen molar-refractivity contribution in [2.75, 3.05) is 5.75 Å². The van der Waals surface area contributed by atoms with Crippen molar-refractivity contribution in [3.05, 3.63) is 29.3 Å². The lowest BCUT2D eigenvalue weighted by molar-refractivity contribution is -0.146. The van der Waals surface area contributed by atoms with Gasteiger partial charge in [0, 0.05) is 0 Å². The molecule has 1 N–H and O–H groups in total. The molecule has 2 rings (SSSR count). The highest BCUT2D eigenvalue weighted by molar-refractivity contribution is 7.91. The van der Waals surface area contributed by atoms with Gasteiger partial charge in [-0.2, -0.15) is 0 Å². The number of rotatable bonds is 3. The molecule has 0 radical (unpaired) electrons. The second-order valence-electron chi connectivity index (χ2n) is 5.88. The van der Waals surface area contributed by atoms with Crippen molar-refractivity contribution in [1.29, 1.82) is 0 Å². The van der Waals surface area contributed by atoms with E-state index in [4.69, 9.17) is 0 Å². The number of carboxylic acids is 1. The Kier molecular flexibility index (Phi) is 3.21. The van der Waals surface area contributed by atoms with Gasteiger partial charge >= 0.3 is 5.97 Å². The first-order chi connectivity index (χ1) is 8.65. The van der Waals surface area contributed by atoms with E-state index in [1.54, 1.807) is 19.9 Å². The highest BCUT2D eigenvalue weighted by atomic mass is 32.2. The van der Waals surface area contributed by atoms with Gasteiger partial charge in [0.2, 0.25) is 0 Å². The molecule has 104 valence electrons. The number of carboxylic acid groups (broad SMARTS) is 1. The van der Waals surface area contributed by atoms with Crippen LogP contribution in [-0.4, -0.2) is 25.2 Å². The third-order valence-corrected chi connectivity index (χ3v) is 5.71. The quantitative estimate of drug-likeness (QED) is 0.922. The zero-order chi connectivity index (χ0) is 14.4. The molecule has 4 nitrogen and oxygen atoms in total. The van der Waals surface area contributed by atoms with Crippen molar-refractivity contribution in [3.63, 3.8) is 0 Å². The Morgan fingerprint density at radius 2 is 2.05 bits per heavy atom. The fourth-order valence-electron chi connectivity index (χ4n) is 2.57. The van der Waals surface area contributed by atoms with Crippen LogP contribution in [0.4, 0.5) is 0 Å². The number of hydrogen-bond donors (Lipinski definition) is 1. The minimum Gasteiger partial charge on any atom is -0.481 e. The Labute approximate surface area is 113 Å². The van der Waals surface area contributed by atoms with Gasteiger partial charge in [-0.1, -0.05) is 25.1 Å². The predicted octanol–water partition coefficient (Wildman–Crippen LogP) is 2.23. The summed E-state index contributed by atoms with van der Waals surface area (Å²) < 4.78 is 24.4. The lowest BCUT2D eigenvalue weighted by Crippen LogP contribution is -2.26. The van der Waals surface area contributed by atoms with Crippen molar-refractivity contribution in [1.82, 2.24) is 0 Å². The molecule has 0 bridgehead atoms. The molecule has 1 aliphatic rings. The molecule has 1 aromatic carbocycles. The maximum Gasteiger partial charge on any atom is 0.309 e. The third kappa shape index (κ3) is 2.39. The second kappa shape index (κ2) is 4.34. The van der Waals surface area contributed by atoms with Gasteiger partial charge < -0.3 is 5.11 Å². The van der Waals surface area contributed by atoms with Crippen LogP contribution in [0.25, 0.3) is 0 Å². The SMILES string of the molecule is CC1CS(=O)(=O)c2c(CC(C)(C)C(=O)O)cccc21. The van der Waals surface area contributed by atoms with Gasteiger partial charge in [0.25, 0.3) is 0 Å². The molecular weight excluding hydrogens is 264 g/mol. The zero-order valence-corrected chi connectivity index (χ0v) is 12.1. The molecule has 0 aromatic heterocycles. The third-order valence-electron chi connectivity index (χ3n) is 3.65. The van der Waals surface area contributed by atoms with Crippen LogP contribution in [0, 0.1) is 5.41 Å². The second-order valence-corrected chi connectivity index (χ2v) is 7.85. The minimum atomic E-state index is -3.28. The number of carbonyl (C=O) groups is 1. The first-order valence-electron chi connectivity index (χ1n) is 6.23. The van der Waals surface area contributed by atoms with E-state index in [1.807, 2.05) is 19.1 Å². The van der Waals surface area contributed by atoms with Crippen LogP contribution in [0.3, 0.4) is 0 Å². The van der Waals surface area contributed by atoms with E-state index in [0.29, 0.717) is 10.5 Å². The first kappa shape index (κ1) is 14.1. The summed E-state index contributed by atoms with van der Waals surface area (Å²) in [4.78, 5) is 11.6. The minimum absolute atomic E-state index is 0.0205. The van der Waals surface area contributed by atoms with Crippen LogP contribution >= 0.6 is 0 Å². The summed E-state index contributed by atoms with van der Waals surface area (Å²) >= 11 is 0. The van der Waals surface area contributed by atoms with E-state index in [2.05, 4.69) is 0 Å². The summed E-state index contributed by atoms with van der Waals surface area (Å²) in [7, 11) is -3.28. The molecule has 0 fully saturated rings. The van der Waals surface area contributed by atoms with Gasteiger partial charge in [-0.15, -0.1) is 0 Å². The molecule has 0 saturated heterocycles. The van der Waals surface area contributed by atoms with Crippen LogP contribution in [-0.2, 0) is 21.1 Å². The monoisotopic (exact) mass is 282 g/mol. The van der Waals surface area contributed by atoms with Gasteiger partial charge in [0.05, 0.1) is 16.1 Å². The van der Waals surface area contributed by atoms with Gasteiger partial charge in [-0.05, 0) is 37.3 Å². The van der Waals surface area contributed by atoms with Crippen molar-refractivity contribution in [2.45, 2.75) is 38.0 Å². The summed E-state index contributed by atoms with van der Waals surface area (Å²) in [5.74, 6) is -0.825. The van der Waals surface area contributed by atoms with Gasteiger partial charge in [-0.3, -0.25) is 4.79 Å². The Hall–Kier alpha value is -1.36. The topological polar surface area (TPSA) is 71.4 Å². The molecule has 1 unspecified atom stereocenters. The van der Waals surface area contributed by atoms with Crippen LogP contribution < -0.4 is 0 Å². The fourth-order valence-corrected chi connectivity index (χ4v) is 4.74. The fraction of sp³-hybridized carbons (Fsp3) is 0.500. The van der Waals surface area contributed by atoms with E-state index in [9.17, 15) is 18.3 Å². The molecular formula is C14H18O4S. The molecule has 0 spiro atoms. The molecule has 1 heterocycles. The average Bonchev–Trinajstić information content (AvgIpc) is 2.49. The number of sulfone groups is 1. The summed E-state index contributed by atoms with van der Waals surface area (Å²) in [6.07, 6.45) is 0.220. The van der Waals surface area contributed by atoms with E-state index in [-0.39, 0.29) is 18.1 Å². The maximum absolute atomic E-state index is 12.2. The maximum atomic E-state index is 12.2. The molecule has 0 aliphatic carbocycles. The highest BCUT2D eigenvalue weighted by Gasteiger charge is 2.36. The largest absolute Gasteiger partial charge is 0.481 e. The Bertz CT molecular complexity index is 629. The molecule has 0 amide bonds. The van der Waals surface area contributed by atoms with Crippen molar-refractivity contribution >= 4 is 15.8 Å². The smallest absolute Gasteiger partial charge is 0.309 e. The van der Waals surface area contributed by atoms with Gasteiger partial charge in [-0.25, -0.2) is 8.42 Å². The molecule has 5 heteroatoms. The van der Waals surface area contributed by atoms with Gasteiger partial charge in [0.15, 0.2) is 9.84 Å². The van der Waals surface area contributed by atoms with Crippen LogP contribution in [0.5, 0.6) is 0 Å². The van der Waals surface area contributed by atoms with Crippen LogP contribution in [0.1, 0.15) is 37.8 Å².